The monoisotopic (exact) mass is 430 g/mol. The molecule has 1 amide bonds. The van der Waals surface area contributed by atoms with E-state index in [-0.39, 0.29) is 5.91 Å². The third-order valence-corrected chi connectivity index (χ3v) is 5.65. The quantitative estimate of drug-likeness (QED) is 0.580. The maximum Gasteiger partial charge on any atom is 0.279 e. The molecule has 134 valence electrons. The fourth-order valence-corrected chi connectivity index (χ4v) is 4.41. The molecule has 6 heteroatoms. The number of halogens is 1. The molecular formula is C20H19BrN2O2S. The molecule has 0 aliphatic carbocycles. The molecule has 0 aliphatic heterocycles. The van der Waals surface area contributed by atoms with E-state index in [2.05, 4.69) is 51.5 Å². The van der Waals surface area contributed by atoms with Crippen molar-refractivity contribution in [1.82, 2.24) is 4.57 Å². The normalized spacial score (nSPS) is 11.6. The molecule has 0 fully saturated rings. The van der Waals surface area contributed by atoms with E-state index in [0.29, 0.717) is 16.1 Å². The summed E-state index contributed by atoms with van der Waals surface area (Å²) in [6.45, 7) is 4.87. The number of hydrogen-bond acceptors (Lipinski definition) is 3. The zero-order chi connectivity index (χ0) is 18.7. The van der Waals surface area contributed by atoms with Crippen molar-refractivity contribution < 1.29 is 9.53 Å². The van der Waals surface area contributed by atoms with Gasteiger partial charge in [-0.2, -0.15) is 4.99 Å². The van der Waals surface area contributed by atoms with Gasteiger partial charge < -0.3 is 9.30 Å². The second-order valence-corrected chi connectivity index (χ2v) is 7.70. The van der Waals surface area contributed by atoms with Crippen LogP contribution in [0.4, 0.5) is 0 Å². The number of rotatable bonds is 4. The molecule has 26 heavy (non-hydrogen) atoms. The number of nitrogens with zero attached hydrogens (tertiary/aromatic N) is 2. The van der Waals surface area contributed by atoms with E-state index in [0.717, 1.165) is 27.2 Å². The van der Waals surface area contributed by atoms with E-state index in [4.69, 9.17) is 4.74 Å². The summed E-state index contributed by atoms with van der Waals surface area (Å²) in [5, 5.41) is 0. The minimum Gasteiger partial charge on any atom is -0.496 e. The molecule has 0 N–H and O–H groups in total. The fourth-order valence-electron chi connectivity index (χ4n) is 2.81. The number of ether oxygens (including phenoxy) is 1. The molecule has 0 spiro atoms. The second kappa shape index (κ2) is 8.01. The minimum atomic E-state index is -0.267. The van der Waals surface area contributed by atoms with Crippen molar-refractivity contribution in [2.45, 2.75) is 20.4 Å². The van der Waals surface area contributed by atoms with Crippen molar-refractivity contribution in [1.29, 1.82) is 0 Å². The molecule has 4 nitrogen and oxygen atoms in total. The van der Waals surface area contributed by atoms with E-state index in [1.165, 1.54) is 11.3 Å². The van der Waals surface area contributed by atoms with E-state index >= 15 is 0 Å². The van der Waals surface area contributed by atoms with Crippen LogP contribution in [-0.4, -0.2) is 17.6 Å². The van der Waals surface area contributed by atoms with Crippen LogP contribution in [0.3, 0.4) is 0 Å². The van der Waals surface area contributed by atoms with Crippen LogP contribution in [0.5, 0.6) is 5.75 Å². The van der Waals surface area contributed by atoms with Crippen molar-refractivity contribution in [2.24, 2.45) is 4.99 Å². The minimum absolute atomic E-state index is 0.267. The predicted octanol–water partition coefficient (Wildman–Crippen LogP) is 5.06. The summed E-state index contributed by atoms with van der Waals surface area (Å²) in [7, 11) is 1.59. The zero-order valence-electron chi connectivity index (χ0n) is 14.8. The van der Waals surface area contributed by atoms with Gasteiger partial charge in [-0.25, -0.2) is 0 Å². The summed E-state index contributed by atoms with van der Waals surface area (Å²) in [5.74, 6) is 0.417. The first-order valence-electron chi connectivity index (χ1n) is 8.23. The zero-order valence-corrected chi connectivity index (χ0v) is 17.2. The highest BCUT2D eigenvalue weighted by atomic mass is 79.9. The van der Waals surface area contributed by atoms with Gasteiger partial charge in [-0.05, 0) is 53.5 Å². The summed E-state index contributed by atoms with van der Waals surface area (Å²) in [6, 6.07) is 15.4. The van der Waals surface area contributed by atoms with Gasteiger partial charge in [-0.15, -0.1) is 11.3 Å². The topological polar surface area (TPSA) is 43.6 Å². The number of benzene rings is 2. The number of carbonyl (C=O) groups is 1. The molecule has 0 aliphatic rings. The summed E-state index contributed by atoms with van der Waals surface area (Å²) in [6.07, 6.45) is 0. The van der Waals surface area contributed by atoms with Crippen molar-refractivity contribution in [3.05, 3.63) is 68.2 Å². The van der Waals surface area contributed by atoms with Gasteiger partial charge in [-0.3, -0.25) is 4.79 Å². The lowest BCUT2D eigenvalue weighted by molar-refractivity contribution is 0.0997. The molecule has 3 rings (SSSR count). The molecule has 0 saturated heterocycles. The first-order chi connectivity index (χ1) is 12.5. The third-order valence-electron chi connectivity index (χ3n) is 4.04. The molecular weight excluding hydrogens is 412 g/mol. The lowest BCUT2D eigenvalue weighted by Gasteiger charge is -2.07. The molecule has 3 aromatic rings. The van der Waals surface area contributed by atoms with Crippen molar-refractivity contribution >= 4 is 33.2 Å². The van der Waals surface area contributed by atoms with Crippen LogP contribution >= 0.6 is 27.3 Å². The number of aryl methyl sites for hydroxylation is 1. The lowest BCUT2D eigenvalue weighted by Crippen LogP contribution is -2.17. The first kappa shape index (κ1) is 18.6. The second-order valence-electron chi connectivity index (χ2n) is 5.67. The van der Waals surface area contributed by atoms with E-state index < -0.39 is 0 Å². The number of aromatic nitrogens is 1. The number of thiazole rings is 1. The van der Waals surface area contributed by atoms with Gasteiger partial charge in [0.05, 0.1) is 17.3 Å². The summed E-state index contributed by atoms with van der Waals surface area (Å²) >= 11 is 4.95. The average molecular weight is 431 g/mol. The highest BCUT2D eigenvalue weighted by Gasteiger charge is 2.13. The van der Waals surface area contributed by atoms with Crippen LogP contribution in [0.25, 0.3) is 11.3 Å². The Balaban J connectivity index is 2.06. The number of hydrogen-bond donors (Lipinski definition) is 0. The number of amides is 1. The highest BCUT2D eigenvalue weighted by Crippen LogP contribution is 2.27. The van der Waals surface area contributed by atoms with Crippen LogP contribution in [0.15, 0.2) is 58.0 Å². The highest BCUT2D eigenvalue weighted by molar-refractivity contribution is 9.10. The molecule has 2 aromatic carbocycles. The summed E-state index contributed by atoms with van der Waals surface area (Å²) < 4.78 is 8.03. The Kier molecular flexibility index (Phi) is 5.74. The molecule has 0 bridgehead atoms. The Bertz CT molecular complexity index is 1010. The SMILES string of the molecule is CCn1c(-c2ccccc2)c(C)sc1=NC(=O)c1ccc(OC)c(Br)c1. The van der Waals surface area contributed by atoms with Crippen LogP contribution in [-0.2, 0) is 6.54 Å². The first-order valence-corrected chi connectivity index (χ1v) is 9.84. The van der Waals surface area contributed by atoms with Crippen LogP contribution in [0.1, 0.15) is 22.2 Å². The Morgan fingerprint density at radius 3 is 2.58 bits per heavy atom. The Labute approximate surface area is 164 Å². The molecule has 0 radical (unpaired) electrons. The Hall–Kier alpha value is -2.18. The standard InChI is InChI=1S/C20H19BrN2O2S/c1-4-23-18(14-8-6-5-7-9-14)13(2)26-20(23)22-19(24)15-10-11-17(25-3)16(21)12-15/h5-12H,4H2,1-3H3. The smallest absolute Gasteiger partial charge is 0.279 e. The third kappa shape index (κ3) is 3.66. The molecule has 0 unspecified atom stereocenters. The average Bonchev–Trinajstić information content (AvgIpc) is 2.97. The van der Waals surface area contributed by atoms with Crippen LogP contribution in [0, 0.1) is 6.92 Å². The maximum absolute atomic E-state index is 12.7. The number of carbonyl (C=O) groups excluding carboxylic acids is 1. The fraction of sp³-hybridized carbons (Fsp3) is 0.200. The largest absolute Gasteiger partial charge is 0.496 e. The Morgan fingerprint density at radius 2 is 1.96 bits per heavy atom. The van der Waals surface area contributed by atoms with Crippen molar-refractivity contribution in [3.63, 3.8) is 0 Å². The van der Waals surface area contributed by atoms with Gasteiger partial charge in [0.15, 0.2) is 4.80 Å². The van der Waals surface area contributed by atoms with Gasteiger partial charge in [0, 0.05) is 17.0 Å². The van der Waals surface area contributed by atoms with E-state index in [9.17, 15) is 4.79 Å². The van der Waals surface area contributed by atoms with E-state index in [1.54, 1.807) is 25.3 Å². The summed E-state index contributed by atoms with van der Waals surface area (Å²) in [5.41, 5.74) is 2.76. The van der Waals surface area contributed by atoms with Gasteiger partial charge in [0.2, 0.25) is 0 Å². The van der Waals surface area contributed by atoms with Gasteiger partial charge in [0.1, 0.15) is 5.75 Å². The summed E-state index contributed by atoms with van der Waals surface area (Å²) in [4.78, 5) is 18.9. The predicted molar refractivity (Wildman–Crippen MR) is 109 cm³/mol. The molecule has 0 atom stereocenters. The van der Waals surface area contributed by atoms with Crippen LogP contribution < -0.4 is 9.54 Å². The van der Waals surface area contributed by atoms with Gasteiger partial charge >= 0.3 is 0 Å². The van der Waals surface area contributed by atoms with Crippen molar-refractivity contribution in [3.8, 4) is 17.0 Å². The Morgan fingerprint density at radius 1 is 1.23 bits per heavy atom. The van der Waals surface area contributed by atoms with Crippen molar-refractivity contribution in [2.75, 3.05) is 7.11 Å². The number of methoxy groups -OCH3 is 1. The van der Waals surface area contributed by atoms with Gasteiger partial charge in [0.25, 0.3) is 5.91 Å². The molecule has 1 heterocycles. The van der Waals surface area contributed by atoms with E-state index in [1.807, 2.05) is 18.2 Å². The molecule has 0 saturated carbocycles. The molecule has 1 aromatic heterocycles. The van der Waals surface area contributed by atoms with Crippen LogP contribution in [0.2, 0.25) is 0 Å². The lowest BCUT2D eigenvalue weighted by atomic mass is 10.1. The maximum atomic E-state index is 12.7. The van der Waals surface area contributed by atoms with Gasteiger partial charge in [-0.1, -0.05) is 30.3 Å².